The standard InChI is InChI=1S/C15H26O9S2/c1-15(2)21-9-13(22-15)14-10(7-8-16)11(23-25(3,17)18)5-6-12(14)24-26(4,19)20/h8,10-14H,5-7,9H2,1-4H3/t10-,11+,12-,13-,14-/m1/s1. The monoisotopic (exact) mass is 414 g/mol. The lowest BCUT2D eigenvalue weighted by molar-refractivity contribution is -0.161. The fourth-order valence-corrected chi connectivity index (χ4v) is 5.14. The third kappa shape index (κ3) is 5.96. The predicted molar refractivity (Wildman–Crippen MR) is 91.2 cm³/mol. The number of carbonyl (C=O) groups is 1. The summed E-state index contributed by atoms with van der Waals surface area (Å²) in [4.78, 5) is 11.2. The van der Waals surface area contributed by atoms with E-state index in [0.29, 0.717) is 6.29 Å². The zero-order valence-corrected chi connectivity index (χ0v) is 16.9. The molecule has 2 rings (SSSR count). The molecule has 0 aromatic rings. The first-order valence-electron chi connectivity index (χ1n) is 8.33. The smallest absolute Gasteiger partial charge is 0.264 e. The minimum Gasteiger partial charge on any atom is -0.348 e. The van der Waals surface area contributed by atoms with Crippen LogP contribution in [-0.2, 0) is 42.9 Å². The van der Waals surface area contributed by atoms with Crippen LogP contribution in [0.15, 0.2) is 0 Å². The molecule has 0 spiro atoms. The summed E-state index contributed by atoms with van der Waals surface area (Å²) in [7, 11) is -7.49. The van der Waals surface area contributed by atoms with Crippen LogP contribution in [0.2, 0.25) is 0 Å². The van der Waals surface area contributed by atoms with Gasteiger partial charge in [0.1, 0.15) is 6.29 Å². The Balaban J connectivity index is 2.36. The van der Waals surface area contributed by atoms with Gasteiger partial charge in [0.2, 0.25) is 0 Å². The lowest BCUT2D eigenvalue weighted by Crippen LogP contribution is -2.50. The predicted octanol–water partition coefficient (Wildman–Crippen LogP) is 0.443. The summed E-state index contributed by atoms with van der Waals surface area (Å²) in [6, 6.07) is 0. The molecule has 0 aromatic carbocycles. The molecule has 1 heterocycles. The van der Waals surface area contributed by atoms with Crippen molar-refractivity contribution in [2.75, 3.05) is 19.1 Å². The van der Waals surface area contributed by atoms with Crippen LogP contribution in [0.3, 0.4) is 0 Å². The molecule has 1 saturated heterocycles. The first kappa shape index (κ1) is 21.7. The molecule has 0 unspecified atom stereocenters. The first-order chi connectivity index (χ1) is 11.8. The van der Waals surface area contributed by atoms with Crippen LogP contribution in [-0.4, -0.2) is 66.3 Å². The van der Waals surface area contributed by atoms with E-state index in [4.69, 9.17) is 17.8 Å². The Labute approximate surface area is 154 Å². The van der Waals surface area contributed by atoms with Crippen molar-refractivity contribution < 1.29 is 39.5 Å². The fourth-order valence-electron chi connectivity index (χ4n) is 3.78. The van der Waals surface area contributed by atoms with Crippen LogP contribution < -0.4 is 0 Å². The zero-order chi connectivity index (χ0) is 19.8. The van der Waals surface area contributed by atoms with E-state index >= 15 is 0 Å². The van der Waals surface area contributed by atoms with E-state index in [9.17, 15) is 21.6 Å². The molecule has 2 aliphatic rings. The van der Waals surface area contributed by atoms with Crippen LogP contribution >= 0.6 is 0 Å². The molecule has 0 bridgehead atoms. The van der Waals surface area contributed by atoms with Crippen LogP contribution in [0.1, 0.15) is 33.1 Å². The second-order valence-corrected chi connectivity index (χ2v) is 10.5. The maximum absolute atomic E-state index is 11.7. The van der Waals surface area contributed by atoms with Crippen molar-refractivity contribution in [1.82, 2.24) is 0 Å². The first-order valence-corrected chi connectivity index (χ1v) is 12.0. The summed E-state index contributed by atoms with van der Waals surface area (Å²) in [5.74, 6) is -2.01. The summed E-state index contributed by atoms with van der Waals surface area (Å²) in [5.41, 5.74) is 0. The van der Waals surface area contributed by atoms with Gasteiger partial charge in [-0.1, -0.05) is 0 Å². The molecule has 0 radical (unpaired) electrons. The number of carbonyl (C=O) groups excluding carboxylic acids is 1. The van der Waals surface area contributed by atoms with Crippen molar-refractivity contribution in [2.45, 2.75) is 57.2 Å². The van der Waals surface area contributed by atoms with E-state index in [1.165, 1.54) is 0 Å². The summed E-state index contributed by atoms with van der Waals surface area (Å²) in [6.07, 6.45) is 1.00. The summed E-state index contributed by atoms with van der Waals surface area (Å²) in [6.45, 7) is 3.63. The molecule has 9 nitrogen and oxygen atoms in total. The van der Waals surface area contributed by atoms with Crippen LogP contribution in [0, 0.1) is 11.8 Å². The Bertz CT molecular complexity index is 713. The number of hydrogen-bond donors (Lipinski definition) is 0. The van der Waals surface area contributed by atoms with E-state index in [1.807, 2.05) is 0 Å². The van der Waals surface area contributed by atoms with Gasteiger partial charge in [0.05, 0.1) is 37.4 Å². The van der Waals surface area contributed by atoms with Crippen LogP contribution in [0.4, 0.5) is 0 Å². The highest BCUT2D eigenvalue weighted by Crippen LogP contribution is 2.43. The van der Waals surface area contributed by atoms with Gasteiger partial charge >= 0.3 is 0 Å². The highest BCUT2D eigenvalue weighted by Gasteiger charge is 2.50. The normalized spacial score (nSPS) is 35.3. The van der Waals surface area contributed by atoms with Crippen molar-refractivity contribution in [3.05, 3.63) is 0 Å². The second kappa shape index (κ2) is 7.80. The largest absolute Gasteiger partial charge is 0.348 e. The van der Waals surface area contributed by atoms with Gasteiger partial charge in [-0.2, -0.15) is 16.8 Å². The van der Waals surface area contributed by atoms with Crippen molar-refractivity contribution in [1.29, 1.82) is 0 Å². The van der Waals surface area contributed by atoms with Gasteiger partial charge in [-0.3, -0.25) is 8.37 Å². The van der Waals surface area contributed by atoms with Crippen LogP contribution in [0.5, 0.6) is 0 Å². The number of hydrogen-bond acceptors (Lipinski definition) is 9. The molecule has 11 heteroatoms. The van der Waals surface area contributed by atoms with Crippen molar-refractivity contribution >= 4 is 26.5 Å². The summed E-state index contributed by atoms with van der Waals surface area (Å²) in [5, 5.41) is 0. The molecule has 2 fully saturated rings. The maximum atomic E-state index is 11.7. The number of rotatable bonds is 7. The fraction of sp³-hybridized carbons (Fsp3) is 0.933. The van der Waals surface area contributed by atoms with E-state index in [1.54, 1.807) is 13.8 Å². The molecule has 26 heavy (non-hydrogen) atoms. The minimum absolute atomic E-state index is 0.00519. The zero-order valence-electron chi connectivity index (χ0n) is 15.3. The van der Waals surface area contributed by atoms with E-state index in [2.05, 4.69) is 0 Å². The molecule has 1 aliphatic heterocycles. The Kier molecular flexibility index (Phi) is 6.51. The molecule has 1 aliphatic carbocycles. The third-order valence-electron chi connectivity index (χ3n) is 4.56. The van der Waals surface area contributed by atoms with Crippen molar-refractivity contribution in [2.24, 2.45) is 11.8 Å². The Morgan fingerprint density at radius 1 is 1.04 bits per heavy atom. The summed E-state index contributed by atoms with van der Waals surface area (Å²) < 4.78 is 68.4. The van der Waals surface area contributed by atoms with Gasteiger partial charge in [-0.05, 0) is 26.7 Å². The Morgan fingerprint density at radius 2 is 1.58 bits per heavy atom. The van der Waals surface area contributed by atoms with Crippen LogP contribution in [0.25, 0.3) is 0 Å². The minimum atomic E-state index is -3.75. The van der Waals surface area contributed by atoms with E-state index in [0.717, 1.165) is 12.5 Å². The SMILES string of the molecule is CC1(C)OC[C@H]([C@@H]2[C@H](CC=O)[C@@H](OS(C)(=O)=O)CC[C@H]2OS(C)(=O)=O)O1. The molecule has 1 saturated carbocycles. The summed E-state index contributed by atoms with van der Waals surface area (Å²) >= 11 is 0. The van der Waals surface area contributed by atoms with Gasteiger partial charge in [0.15, 0.2) is 5.79 Å². The van der Waals surface area contributed by atoms with Crippen molar-refractivity contribution in [3.63, 3.8) is 0 Å². The lowest BCUT2D eigenvalue weighted by Gasteiger charge is -2.43. The highest BCUT2D eigenvalue weighted by molar-refractivity contribution is 7.86. The van der Waals surface area contributed by atoms with Gasteiger partial charge in [-0.25, -0.2) is 0 Å². The van der Waals surface area contributed by atoms with Gasteiger partial charge in [0.25, 0.3) is 20.2 Å². The van der Waals surface area contributed by atoms with Crippen molar-refractivity contribution in [3.8, 4) is 0 Å². The molecular weight excluding hydrogens is 388 g/mol. The Hall–Kier alpha value is -0.590. The average Bonchev–Trinajstić information content (AvgIpc) is 2.79. The van der Waals surface area contributed by atoms with Gasteiger partial charge in [-0.15, -0.1) is 0 Å². The van der Waals surface area contributed by atoms with E-state index < -0.39 is 56.2 Å². The number of aldehydes is 1. The molecule has 152 valence electrons. The lowest BCUT2D eigenvalue weighted by atomic mass is 9.71. The molecule has 5 atom stereocenters. The maximum Gasteiger partial charge on any atom is 0.264 e. The highest BCUT2D eigenvalue weighted by atomic mass is 32.2. The Morgan fingerprint density at radius 3 is 2.04 bits per heavy atom. The average molecular weight is 414 g/mol. The topological polar surface area (TPSA) is 122 Å². The quantitative estimate of drug-likeness (QED) is 0.431. The second-order valence-electron chi connectivity index (χ2n) is 7.27. The molecular formula is C15H26O9S2. The van der Waals surface area contributed by atoms with E-state index in [-0.39, 0.29) is 25.9 Å². The number of ether oxygens (including phenoxy) is 2. The third-order valence-corrected chi connectivity index (χ3v) is 5.76. The van der Waals surface area contributed by atoms with Gasteiger partial charge in [0, 0.05) is 18.3 Å². The van der Waals surface area contributed by atoms with Gasteiger partial charge < -0.3 is 14.3 Å². The molecule has 0 N–H and O–H groups in total. The molecule has 0 amide bonds. The molecule has 0 aromatic heterocycles.